The zero-order valence-corrected chi connectivity index (χ0v) is 8.42. The van der Waals surface area contributed by atoms with Crippen molar-refractivity contribution in [2.75, 3.05) is 0 Å². The molecule has 0 bridgehead atoms. The molecule has 1 saturated carbocycles. The number of hydrogen-bond donors (Lipinski definition) is 0. The van der Waals surface area contributed by atoms with Crippen molar-refractivity contribution in [1.29, 1.82) is 0 Å². The van der Waals surface area contributed by atoms with E-state index in [0.717, 1.165) is 5.92 Å². The summed E-state index contributed by atoms with van der Waals surface area (Å²) in [7, 11) is 0. The summed E-state index contributed by atoms with van der Waals surface area (Å²) < 4.78 is 0. The highest BCUT2D eigenvalue weighted by molar-refractivity contribution is 5.31. The number of nitrogens with zero attached hydrogens (tertiary/aromatic N) is 1. The van der Waals surface area contributed by atoms with Gasteiger partial charge in [0.1, 0.15) is 0 Å². The minimum atomic E-state index is 0.762. The van der Waals surface area contributed by atoms with Crippen molar-refractivity contribution in [2.24, 2.45) is 5.92 Å². The Bertz CT molecular complexity index is 230. The first-order valence-electron chi connectivity index (χ1n) is 5.46. The summed E-state index contributed by atoms with van der Waals surface area (Å²) in [4.78, 5) is 0. The fourth-order valence-electron chi connectivity index (χ4n) is 2.40. The smallest absolute Gasteiger partial charge is 0.0464 e. The fraction of sp³-hybridized carbons (Fsp3) is 0.667. The molecule has 2 aliphatic rings. The fourth-order valence-corrected chi connectivity index (χ4v) is 2.40. The molecule has 0 aromatic carbocycles. The van der Waals surface area contributed by atoms with E-state index in [0.29, 0.717) is 0 Å². The second kappa shape index (κ2) is 3.99. The third-order valence-electron chi connectivity index (χ3n) is 3.18. The van der Waals surface area contributed by atoms with Crippen LogP contribution in [-0.4, -0.2) is 0 Å². The Morgan fingerprint density at radius 1 is 1.15 bits per heavy atom. The Balaban J connectivity index is 2.03. The molecule has 13 heavy (non-hydrogen) atoms. The quantitative estimate of drug-likeness (QED) is 0.544. The van der Waals surface area contributed by atoms with Crippen molar-refractivity contribution in [3.8, 4) is 0 Å². The molecule has 0 unspecified atom stereocenters. The minimum Gasteiger partial charge on any atom is -0.261 e. The first-order chi connectivity index (χ1) is 6.38. The van der Waals surface area contributed by atoms with Crippen LogP contribution in [-0.2, 0) is 0 Å². The number of rotatable bonds is 1. The maximum Gasteiger partial charge on any atom is 0.0464 e. The van der Waals surface area contributed by atoms with Crippen molar-refractivity contribution in [1.82, 2.24) is 5.32 Å². The lowest BCUT2D eigenvalue weighted by molar-refractivity contribution is 0.508. The summed E-state index contributed by atoms with van der Waals surface area (Å²) in [5, 5.41) is 4.48. The van der Waals surface area contributed by atoms with Crippen LogP contribution >= 0.6 is 0 Å². The first-order valence-corrected chi connectivity index (χ1v) is 5.46. The van der Waals surface area contributed by atoms with Gasteiger partial charge in [-0.1, -0.05) is 25.7 Å². The molecule has 1 heterocycles. The standard InChI is InChI=1S/C12H18N/c1-10-8-9-13-12(10)11-6-4-2-3-5-7-11/h8-9,11H,2-7H2,1H3. The summed E-state index contributed by atoms with van der Waals surface area (Å²) in [6.45, 7) is 2.19. The van der Waals surface area contributed by atoms with Gasteiger partial charge < -0.3 is 0 Å². The largest absolute Gasteiger partial charge is 0.261 e. The molecule has 0 N–H and O–H groups in total. The van der Waals surface area contributed by atoms with Gasteiger partial charge in [-0.05, 0) is 31.4 Å². The zero-order chi connectivity index (χ0) is 9.10. The van der Waals surface area contributed by atoms with Crippen LogP contribution in [0.25, 0.3) is 0 Å². The summed E-state index contributed by atoms with van der Waals surface area (Å²) in [5.41, 5.74) is 2.77. The van der Waals surface area contributed by atoms with Gasteiger partial charge in [-0.15, -0.1) is 0 Å². The van der Waals surface area contributed by atoms with E-state index < -0.39 is 0 Å². The molecular weight excluding hydrogens is 158 g/mol. The van der Waals surface area contributed by atoms with Crippen LogP contribution in [0.1, 0.15) is 45.4 Å². The van der Waals surface area contributed by atoms with E-state index in [-0.39, 0.29) is 0 Å². The van der Waals surface area contributed by atoms with Gasteiger partial charge in [-0.2, -0.15) is 0 Å². The molecule has 0 spiro atoms. The first kappa shape index (κ1) is 8.86. The van der Waals surface area contributed by atoms with Crippen molar-refractivity contribution in [2.45, 2.75) is 45.4 Å². The molecule has 2 rings (SSSR count). The van der Waals surface area contributed by atoms with Crippen molar-refractivity contribution < 1.29 is 0 Å². The monoisotopic (exact) mass is 176 g/mol. The van der Waals surface area contributed by atoms with Gasteiger partial charge in [0.2, 0.25) is 0 Å². The normalized spacial score (nSPS) is 24.7. The Morgan fingerprint density at radius 2 is 1.85 bits per heavy atom. The van der Waals surface area contributed by atoms with Crippen molar-refractivity contribution >= 4 is 0 Å². The molecule has 0 atom stereocenters. The van der Waals surface area contributed by atoms with Gasteiger partial charge in [-0.25, -0.2) is 0 Å². The van der Waals surface area contributed by atoms with Crippen LogP contribution in [0.4, 0.5) is 0 Å². The van der Waals surface area contributed by atoms with E-state index in [4.69, 9.17) is 0 Å². The number of allylic oxidation sites excluding steroid dienone is 3. The molecule has 1 radical (unpaired) electrons. The van der Waals surface area contributed by atoms with Crippen LogP contribution in [0.5, 0.6) is 0 Å². The molecule has 0 amide bonds. The van der Waals surface area contributed by atoms with Crippen LogP contribution in [0, 0.1) is 5.92 Å². The molecule has 1 aliphatic heterocycles. The highest BCUT2D eigenvalue weighted by Crippen LogP contribution is 2.31. The van der Waals surface area contributed by atoms with Crippen LogP contribution in [0.3, 0.4) is 0 Å². The molecule has 0 aromatic heterocycles. The lowest BCUT2D eigenvalue weighted by Gasteiger charge is -2.15. The molecule has 1 heteroatoms. The van der Waals surface area contributed by atoms with Gasteiger partial charge in [0.25, 0.3) is 0 Å². The summed E-state index contributed by atoms with van der Waals surface area (Å²) in [6.07, 6.45) is 12.5. The Morgan fingerprint density at radius 3 is 2.38 bits per heavy atom. The van der Waals surface area contributed by atoms with Gasteiger partial charge in [0.05, 0.1) is 0 Å². The highest BCUT2D eigenvalue weighted by Gasteiger charge is 2.20. The van der Waals surface area contributed by atoms with Crippen LogP contribution in [0.2, 0.25) is 0 Å². The van der Waals surface area contributed by atoms with Crippen molar-refractivity contribution in [3.05, 3.63) is 23.5 Å². The average molecular weight is 176 g/mol. The van der Waals surface area contributed by atoms with Crippen LogP contribution < -0.4 is 5.32 Å². The average Bonchev–Trinajstić information content (AvgIpc) is 2.43. The molecule has 1 aliphatic carbocycles. The number of hydrogen-bond acceptors (Lipinski definition) is 0. The van der Waals surface area contributed by atoms with Crippen LogP contribution in [0.15, 0.2) is 23.5 Å². The van der Waals surface area contributed by atoms with Gasteiger partial charge in [-0.3, -0.25) is 5.32 Å². The maximum atomic E-state index is 4.48. The van der Waals surface area contributed by atoms with Gasteiger partial charge in [0, 0.05) is 17.8 Å². The van der Waals surface area contributed by atoms with E-state index in [9.17, 15) is 0 Å². The predicted octanol–water partition coefficient (Wildman–Crippen LogP) is 3.36. The summed E-state index contributed by atoms with van der Waals surface area (Å²) in [6, 6.07) is 0. The predicted molar refractivity (Wildman–Crippen MR) is 55.2 cm³/mol. The third kappa shape index (κ3) is 1.96. The summed E-state index contributed by atoms with van der Waals surface area (Å²) in [5.74, 6) is 0.762. The van der Waals surface area contributed by atoms with E-state index >= 15 is 0 Å². The molecular formula is C12H18N. The molecule has 0 saturated heterocycles. The van der Waals surface area contributed by atoms with E-state index in [2.05, 4.69) is 18.3 Å². The zero-order valence-electron chi connectivity index (χ0n) is 8.42. The van der Waals surface area contributed by atoms with E-state index in [1.807, 2.05) is 6.20 Å². The van der Waals surface area contributed by atoms with Gasteiger partial charge >= 0.3 is 0 Å². The molecule has 0 aromatic rings. The van der Waals surface area contributed by atoms with Crippen molar-refractivity contribution in [3.63, 3.8) is 0 Å². The topological polar surface area (TPSA) is 14.1 Å². The Kier molecular flexibility index (Phi) is 2.72. The highest BCUT2D eigenvalue weighted by atomic mass is 14.9. The second-order valence-corrected chi connectivity index (χ2v) is 4.20. The van der Waals surface area contributed by atoms with E-state index in [1.54, 1.807) is 0 Å². The Hall–Kier alpha value is -0.720. The Labute approximate surface area is 80.9 Å². The van der Waals surface area contributed by atoms with E-state index in [1.165, 1.54) is 49.8 Å². The SMILES string of the molecule is CC1=C(C2CCCCCC2)[N]C=C1. The third-order valence-corrected chi connectivity index (χ3v) is 3.18. The minimum absolute atomic E-state index is 0.762. The molecule has 1 fully saturated rings. The summed E-state index contributed by atoms with van der Waals surface area (Å²) >= 11 is 0. The molecule has 1 nitrogen and oxygen atoms in total. The maximum absolute atomic E-state index is 4.48. The molecule has 71 valence electrons. The second-order valence-electron chi connectivity index (χ2n) is 4.20. The lowest BCUT2D eigenvalue weighted by atomic mass is 9.94. The lowest BCUT2D eigenvalue weighted by Crippen LogP contribution is -2.09. The van der Waals surface area contributed by atoms with Gasteiger partial charge in [0.15, 0.2) is 0 Å².